The molecule has 0 aliphatic heterocycles. The van der Waals surface area contributed by atoms with Gasteiger partial charge in [-0.25, -0.2) is 4.98 Å². The molecule has 0 aliphatic carbocycles. The Morgan fingerprint density at radius 2 is 1.88 bits per heavy atom. The summed E-state index contributed by atoms with van der Waals surface area (Å²) >= 11 is 0. The zero-order valence-electron chi connectivity index (χ0n) is 13.6. The molecule has 1 aromatic carbocycles. The van der Waals surface area contributed by atoms with E-state index in [4.69, 9.17) is 4.74 Å². The zero-order valence-corrected chi connectivity index (χ0v) is 13.6. The summed E-state index contributed by atoms with van der Waals surface area (Å²) < 4.78 is 5.61. The molecule has 1 atom stereocenters. The Hall–Kier alpha value is -1.96. The van der Waals surface area contributed by atoms with Crippen LogP contribution in [0.1, 0.15) is 25.8 Å². The first kappa shape index (κ1) is 21.1. The molecule has 1 heterocycles. The fraction of sp³-hybridized carbons (Fsp3) is 0.294. The Kier molecular flexibility index (Phi) is 9.12. The van der Waals surface area contributed by atoms with Crippen molar-refractivity contribution in [1.29, 1.82) is 0 Å². The van der Waals surface area contributed by atoms with Gasteiger partial charge in [0.2, 0.25) is 11.8 Å². The topological polar surface area (TPSA) is 89.9 Å². The van der Waals surface area contributed by atoms with Crippen molar-refractivity contribution in [2.75, 3.05) is 0 Å². The van der Waals surface area contributed by atoms with Crippen LogP contribution in [0.2, 0.25) is 0 Å². The van der Waals surface area contributed by atoms with Gasteiger partial charge in [0.05, 0.1) is 6.20 Å². The van der Waals surface area contributed by atoms with Crippen molar-refractivity contribution in [3.8, 4) is 17.4 Å². The first-order chi connectivity index (χ1) is 11.6. The van der Waals surface area contributed by atoms with E-state index in [9.17, 15) is 9.70 Å². The van der Waals surface area contributed by atoms with Crippen LogP contribution >= 0.6 is 0 Å². The summed E-state index contributed by atoms with van der Waals surface area (Å²) in [5, 5.41) is 5.18. The van der Waals surface area contributed by atoms with Crippen molar-refractivity contribution in [1.82, 2.24) is 10.3 Å². The van der Waals surface area contributed by atoms with Crippen molar-refractivity contribution >= 4 is 35.5 Å². The van der Waals surface area contributed by atoms with E-state index in [-0.39, 0.29) is 47.3 Å². The number of nitrogens with zero attached hydrogens (tertiary/aromatic N) is 2. The van der Waals surface area contributed by atoms with Crippen LogP contribution in [0, 0.1) is 4.91 Å². The minimum atomic E-state index is -0.0147. The van der Waals surface area contributed by atoms with Crippen LogP contribution in [0.25, 0.3) is 0 Å². The number of ether oxygens (including phenoxy) is 1. The summed E-state index contributed by atoms with van der Waals surface area (Å²) in [7, 11) is 0. The number of carbonyl (C=O) groups excluding carboxylic acids is 1. The first-order valence-corrected chi connectivity index (χ1v) is 7.56. The van der Waals surface area contributed by atoms with Crippen molar-refractivity contribution in [2.24, 2.45) is 5.34 Å². The molecule has 0 aliphatic rings. The molecule has 0 saturated carbocycles. The molecule has 0 fully saturated rings. The fourth-order valence-corrected chi connectivity index (χ4v) is 2.17. The number of aromatic nitrogens is 1. The van der Waals surface area contributed by atoms with Gasteiger partial charge in [-0.05, 0) is 43.5 Å². The van der Waals surface area contributed by atoms with Crippen LogP contribution in [0.5, 0.6) is 17.4 Å². The van der Waals surface area contributed by atoms with Gasteiger partial charge in [-0.15, -0.1) is 4.91 Å². The van der Waals surface area contributed by atoms with Crippen LogP contribution in [0.3, 0.4) is 0 Å². The predicted molar refractivity (Wildman–Crippen MR) is 95.9 cm³/mol. The van der Waals surface area contributed by atoms with E-state index in [1.807, 2.05) is 31.2 Å². The van der Waals surface area contributed by atoms with Crippen molar-refractivity contribution in [3.05, 3.63) is 53.1 Å². The number of nitrogens with one attached hydrogen (secondary N) is 1. The molecular formula is C17H20N3NaO4. The van der Waals surface area contributed by atoms with Crippen LogP contribution < -0.4 is 14.9 Å². The van der Waals surface area contributed by atoms with Crippen LogP contribution in [0.15, 0.2) is 47.9 Å². The minimum absolute atomic E-state index is 0. The summed E-state index contributed by atoms with van der Waals surface area (Å²) in [6.45, 7) is 3.50. The molecule has 1 amide bonds. The fourth-order valence-electron chi connectivity index (χ4n) is 2.17. The molecule has 7 nitrogen and oxygen atoms in total. The Morgan fingerprint density at radius 1 is 1.20 bits per heavy atom. The molecule has 2 rings (SSSR count). The molecule has 0 radical (unpaired) electrons. The standard InChI is InChI=1S/C17H19N3O4.Na.H/c1-12(19-13(2)21)3-4-14-5-7-15(8-6-14)23-17-10-9-16(11-18-17)24-20-22;;/h5-12H,3-4H2,1-2H3,(H,19,21);;/t12-;;/m0../s1. The van der Waals surface area contributed by atoms with E-state index in [0.717, 1.165) is 18.4 Å². The number of aryl methyl sites for hydroxylation is 1. The van der Waals surface area contributed by atoms with Crippen LogP contribution in [-0.2, 0) is 11.2 Å². The molecule has 8 heteroatoms. The Bertz CT molecular complexity index is 677. The number of benzene rings is 1. The van der Waals surface area contributed by atoms with Crippen molar-refractivity contribution in [2.45, 2.75) is 32.7 Å². The van der Waals surface area contributed by atoms with Crippen molar-refractivity contribution < 1.29 is 14.4 Å². The third-order valence-corrected chi connectivity index (χ3v) is 3.31. The van der Waals surface area contributed by atoms with Gasteiger partial charge in [0.25, 0.3) is 0 Å². The predicted octanol–water partition coefficient (Wildman–Crippen LogP) is 2.74. The van der Waals surface area contributed by atoms with E-state index in [1.165, 1.54) is 13.1 Å². The summed E-state index contributed by atoms with van der Waals surface area (Å²) in [5.74, 6) is 1.28. The van der Waals surface area contributed by atoms with Gasteiger partial charge in [0, 0.05) is 19.0 Å². The molecule has 25 heavy (non-hydrogen) atoms. The molecule has 128 valence electrons. The molecule has 0 spiro atoms. The molecule has 0 bridgehead atoms. The zero-order chi connectivity index (χ0) is 17.4. The summed E-state index contributed by atoms with van der Waals surface area (Å²) in [5.41, 5.74) is 1.16. The van der Waals surface area contributed by atoms with E-state index < -0.39 is 0 Å². The number of rotatable bonds is 8. The van der Waals surface area contributed by atoms with Gasteiger partial charge < -0.3 is 14.9 Å². The Labute approximate surface area is 168 Å². The van der Waals surface area contributed by atoms with E-state index in [0.29, 0.717) is 11.6 Å². The van der Waals surface area contributed by atoms with Gasteiger partial charge in [-0.2, -0.15) is 0 Å². The Morgan fingerprint density at radius 3 is 2.44 bits per heavy atom. The molecular weight excluding hydrogens is 333 g/mol. The Balaban J connectivity index is 0.00000312. The second kappa shape index (κ2) is 10.8. The van der Waals surface area contributed by atoms with Gasteiger partial charge >= 0.3 is 29.6 Å². The molecule has 0 saturated heterocycles. The number of carbonyl (C=O) groups is 1. The summed E-state index contributed by atoms with van der Waals surface area (Å²) in [6.07, 6.45) is 3.09. The monoisotopic (exact) mass is 353 g/mol. The third kappa shape index (κ3) is 7.64. The van der Waals surface area contributed by atoms with Crippen molar-refractivity contribution in [3.63, 3.8) is 0 Å². The second-order valence-electron chi connectivity index (χ2n) is 5.38. The second-order valence-corrected chi connectivity index (χ2v) is 5.38. The quantitative estimate of drug-likeness (QED) is 0.448. The molecule has 0 unspecified atom stereocenters. The van der Waals surface area contributed by atoms with Crippen LogP contribution in [0.4, 0.5) is 0 Å². The average molecular weight is 353 g/mol. The number of amides is 1. The first-order valence-electron chi connectivity index (χ1n) is 7.56. The van der Waals surface area contributed by atoms with Gasteiger partial charge in [-0.3, -0.25) is 4.79 Å². The van der Waals surface area contributed by atoms with E-state index >= 15 is 0 Å². The van der Waals surface area contributed by atoms with Gasteiger partial charge in [0.15, 0.2) is 11.1 Å². The third-order valence-electron chi connectivity index (χ3n) is 3.31. The number of hydrogen-bond donors (Lipinski definition) is 1. The number of pyridine rings is 1. The SMILES string of the molecule is CC(=O)N[C@@H](C)CCc1ccc(Oc2ccc(ON=O)cn2)cc1.[NaH]. The van der Waals surface area contributed by atoms with E-state index in [2.05, 4.69) is 20.5 Å². The molecule has 1 N–H and O–H groups in total. The summed E-state index contributed by atoms with van der Waals surface area (Å²) in [4.78, 5) is 29.4. The van der Waals surface area contributed by atoms with E-state index in [1.54, 1.807) is 12.1 Å². The normalized spacial score (nSPS) is 11.0. The van der Waals surface area contributed by atoms with Crippen LogP contribution in [-0.4, -0.2) is 46.5 Å². The van der Waals surface area contributed by atoms with Gasteiger partial charge in [-0.1, -0.05) is 12.1 Å². The van der Waals surface area contributed by atoms with Gasteiger partial charge in [0.1, 0.15) is 5.75 Å². The average Bonchev–Trinajstić information content (AvgIpc) is 2.56. The summed E-state index contributed by atoms with van der Waals surface area (Å²) in [6, 6.07) is 10.9. The maximum atomic E-state index is 11.0. The maximum absolute atomic E-state index is 11.0. The number of hydrogen-bond acceptors (Lipinski definition) is 6. The molecule has 1 aromatic heterocycles. The molecule has 2 aromatic rings.